The highest BCUT2D eigenvalue weighted by Gasteiger charge is 2.42. The average Bonchev–Trinajstić information content (AvgIpc) is 2.84. The molecule has 1 aliphatic heterocycles. The molecule has 0 aliphatic carbocycles. The molecule has 1 aliphatic rings. The van der Waals surface area contributed by atoms with Gasteiger partial charge in [0.15, 0.2) is 0 Å². The van der Waals surface area contributed by atoms with Gasteiger partial charge in [-0.15, -0.1) is 0 Å². The molecule has 0 aromatic heterocycles. The number of hydrogen-bond acceptors (Lipinski definition) is 5. The third-order valence-corrected chi connectivity index (χ3v) is 7.57. The van der Waals surface area contributed by atoms with Crippen LogP contribution >= 0.6 is 0 Å². The largest absolute Gasteiger partial charge is 0.462 e. The maximum atomic E-state index is 12.6. The van der Waals surface area contributed by atoms with E-state index in [2.05, 4.69) is 6.92 Å². The van der Waals surface area contributed by atoms with E-state index < -0.39 is 17.8 Å². The molecule has 1 saturated heterocycles. The van der Waals surface area contributed by atoms with Gasteiger partial charge in [-0.25, -0.2) is 0 Å². The number of carbonyl (C=O) groups is 3. The summed E-state index contributed by atoms with van der Waals surface area (Å²) in [6.07, 6.45) is 22.0. The number of rotatable bonds is 24. The van der Waals surface area contributed by atoms with E-state index in [0.29, 0.717) is 19.3 Å². The van der Waals surface area contributed by atoms with E-state index in [1.54, 1.807) is 0 Å². The normalized spacial score (nSPS) is 18.8. The lowest BCUT2D eigenvalue weighted by Gasteiger charge is -2.36. The third kappa shape index (κ3) is 13.6. The first-order valence-corrected chi connectivity index (χ1v) is 15.1. The number of esters is 2. The molecule has 0 radical (unpaired) electrons. The standard InChI is InChI=1S/C30H55NO5/c1-4-7-8-9-10-11-12-13-14-15-16-17-18-19-20-22-24(23-27-25(6-3)29(33)36-27)35-30(34)26(21-5-2)28(31)32/h24-27H,4-23H2,1-3H3,(H2,31,32)/t24-,25-,26?,27-/m0/s1. The van der Waals surface area contributed by atoms with Gasteiger partial charge in [0.25, 0.3) is 0 Å². The van der Waals surface area contributed by atoms with Crippen LogP contribution in [0.1, 0.15) is 149 Å². The molecule has 0 saturated carbocycles. The van der Waals surface area contributed by atoms with Gasteiger partial charge in [-0.1, -0.05) is 117 Å². The van der Waals surface area contributed by atoms with Crippen molar-refractivity contribution in [1.82, 2.24) is 0 Å². The van der Waals surface area contributed by atoms with Crippen LogP contribution in [0.25, 0.3) is 0 Å². The molecule has 6 heteroatoms. The monoisotopic (exact) mass is 509 g/mol. The van der Waals surface area contributed by atoms with E-state index in [-0.39, 0.29) is 24.1 Å². The van der Waals surface area contributed by atoms with Crippen LogP contribution in [0.5, 0.6) is 0 Å². The fourth-order valence-corrected chi connectivity index (χ4v) is 5.18. The van der Waals surface area contributed by atoms with Crippen LogP contribution in [-0.4, -0.2) is 30.1 Å². The predicted octanol–water partition coefficient (Wildman–Crippen LogP) is 7.40. The number of carbonyl (C=O) groups excluding carboxylic acids is 3. The zero-order valence-electron chi connectivity index (χ0n) is 23.6. The lowest BCUT2D eigenvalue weighted by atomic mass is 9.88. The first kappa shape index (κ1) is 32.4. The minimum absolute atomic E-state index is 0.116. The van der Waals surface area contributed by atoms with Crippen molar-refractivity contribution < 1.29 is 23.9 Å². The average molecular weight is 510 g/mol. The summed E-state index contributed by atoms with van der Waals surface area (Å²) in [4.78, 5) is 36.0. The Hall–Kier alpha value is -1.59. The molecule has 0 aromatic carbocycles. The summed E-state index contributed by atoms with van der Waals surface area (Å²) in [6.45, 7) is 6.15. The Balaban J connectivity index is 2.24. The summed E-state index contributed by atoms with van der Waals surface area (Å²) >= 11 is 0. The molecule has 1 heterocycles. The van der Waals surface area contributed by atoms with E-state index in [1.165, 1.54) is 83.5 Å². The van der Waals surface area contributed by atoms with Gasteiger partial charge in [0, 0.05) is 6.42 Å². The SMILES string of the molecule is CCCCCCCCCCCCCCCCC[C@@H](C[C@@H]1OC(=O)[C@H]1CC)OC(=O)C(CCC)C(N)=O. The van der Waals surface area contributed by atoms with Crippen molar-refractivity contribution >= 4 is 17.8 Å². The minimum Gasteiger partial charge on any atom is -0.462 e. The lowest BCUT2D eigenvalue weighted by Crippen LogP contribution is -2.47. The van der Waals surface area contributed by atoms with Crippen LogP contribution in [0.15, 0.2) is 0 Å². The van der Waals surface area contributed by atoms with Crippen molar-refractivity contribution in [2.45, 2.75) is 161 Å². The van der Waals surface area contributed by atoms with Crippen molar-refractivity contribution in [3.8, 4) is 0 Å². The van der Waals surface area contributed by atoms with Crippen LogP contribution in [-0.2, 0) is 23.9 Å². The first-order valence-electron chi connectivity index (χ1n) is 15.1. The molecule has 0 aromatic rings. The van der Waals surface area contributed by atoms with Gasteiger partial charge >= 0.3 is 11.9 Å². The Morgan fingerprint density at radius 1 is 0.778 bits per heavy atom. The minimum atomic E-state index is -0.899. The molecule has 210 valence electrons. The number of unbranched alkanes of at least 4 members (excludes halogenated alkanes) is 14. The molecular weight excluding hydrogens is 454 g/mol. The Morgan fingerprint density at radius 3 is 1.69 bits per heavy atom. The van der Waals surface area contributed by atoms with E-state index in [1.807, 2.05) is 13.8 Å². The number of cyclic esters (lactones) is 1. The summed E-state index contributed by atoms with van der Waals surface area (Å²) in [7, 11) is 0. The van der Waals surface area contributed by atoms with Gasteiger partial charge < -0.3 is 15.2 Å². The molecule has 1 unspecified atom stereocenters. The number of primary amides is 1. The van der Waals surface area contributed by atoms with Crippen LogP contribution < -0.4 is 5.73 Å². The number of hydrogen-bond donors (Lipinski definition) is 1. The molecule has 1 amide bonds. The number of nitrogens with two attached hydrogens (primary N) is 1. The summed E-state index contributed by atoms with van der Waals surface area (Å²) in [5.74, 6) is -2.34. The second kappa shape index (κ2) is 20.5. The van der Waals surface area contributed by atoms with Crippen LogP contribution in [0.4, 0.5) is 0 Å². The van der Waals surface area contributed by atoms with Crippen molar-refractivity contribution in [3.05, 3.63) is 0 Å². The molecule has 0 spiro atoms. The number of ether oxygens (including phenoxy) is 2. The van der Waals surface area contributed by atoms with Crippen molar-refractivity contribution in [2.75, 3.05) is 0 Å². The van der Waals surface area contributed by atoms with E-state index in [0.717, 1.165) is 25.7 Å². The molecule has 4 atom stereocenters. The van der Waals surface area contributed by atoms with Crippen molar-refractivity contribution in [1.29, 1.82) is 0 Å². The summed E-state index contributed by atoms with van der Waals surface area (Å²) < 4.78 is 11.1. The van der Waals surface area contributed by atoms with Gasteiger partial charge in [0.2, 0.25) is 5.91 Å². The Labute approximate surface area is 220 Å². The number of amides is 1. The van der Waals surface area contributed by atoms with E-state index in [9.17, 15) is 14.4 Å². The first-order chi connectivity index (χ1) is 17.4. The highest BCUT2D eigenvalue weighted by molar-refractivity contribution is 5.96. The lowest BCUT2D eigenvalue weighted by molar-refractivity contribution is -0.190. The maximum absolute atomic E-state index is 12.6. The zero-order valence-corrected chi connectivity index (χ0v) is 23.6. The second-order valence-electron chi connectivity index (χ2n) is 10.8. The topological polar surface area (TPSA) is 95.7 Å². The van der Waals surface area contributed by atoms with Crippen molar-refractivity contribution in [3.63, 3.8) is 0 Å². The molecule has 1 fully saturated rings. The van der Waals surface area contributed by atoms with Crippen LogP contribution in [0.2, 0.25) is 0 Å². The summed E-state index contributed by atoms with van der Waals surface area (Å²) in [5, 5.41) is 0. The Kier molecular flexibility index (Phi) is 18.4. The van der Waals surface area contributed by atoms with E-state index >= 15 is 0 Å². The Morgan fingerprint density at radius 2 is 1.28 bits per heavy atom. The van der Waals surface area contributed by atoms with Gasteiger partial charge in [-0.2, -0.15) is 0 Å². The van der Waals surface area contributed by atoms with Gasteiger partial charge in [-0.05, 0) is 25.7 Å². The smallest absolute Gasteiger partial charge is 0.318 e. The van der Waals surface area contributed by atoms with Gasteiger partial charge in [-0.3, -0.25) is 14.4 Å². The van der Waals surface area contributed by atoms with Crippen LogP contribution in [0, 0.1) is 11.8 Å². The highest BCUT2D eigenvalue weighted by atomic mass is 16.6. The molecule has 2 N–H and O–H groups in total. The van der Waals surface area contributed by atoms with Gasteiger partial charge in [0.05, 0.1) is 5.92 Å². The molecular formula is C30H55NO5. The predicted molar refractivity (Wildman–Crippen MR) is 145 cm³/mol. The molecule has 36 heavy (non-hydrogen) atoms. The summed E-state index contributed by atoms with van der Waals surface area (Å²) in [5.41, 5.74) is 5.43. The maximum Gasteiger partial charge on any atom is 0.318 e. The van der Waals surface area contributed by atoms with Crippen molar-refractivity contribution in [2.24, 2.45) is 17.6 Å². The Bertz CT molecular complexity index is 608. The highest BCUT2D eigenvalue weighted by Crippen LogP contribution is 2.31. The fraction of sp³-hybridized carbons (Fsp3) is 0.900. The summed E-state index contributed by atoms with van der Waals surface area (Å²) in [6, 6.07) is 0. The van der Waals surface area contributed by atoms with Gasteiger partial charge in [0.1, 0.15) is 18.1 Å². The quantitative estimate of drug-likeness (QED) is 0.0830. The molecule has 0 bridgehead atoms. The second-order valence-corrected chi connectivity index (χ2v) is 10.8. The molecule has 6 nitrogen and oxygen atoms in total. The zero-order chi connectivity index (χ0) is 26.6. The molecule has 1 rings (SSSR count). The van der Waals surface area contributed by atoms with Crippen LogP contribution in [0.3, 0.4) is 0 Å². The van der Waals surface area contributed by atoms with E-state index in [4.69, 9.17) is 15.2 Å². The third-order valence-electron chi connectivity index (χ3n) is 7.57. The fourth-order valence-electron chi connectivity index (χ4n) is 5.18.